The fourth-order valence-corrected chi connectivity index (χ4v) is 2.18. The van der Waals surface area contributed by atoms with E-state index >= 15 is 0 Å². The van der Waals surface area contributed by atoms with E-state index in [0.717, 1.165) is 25.0 Å². The molecule has 1 heterocycles. The maximum Gasteiger partial charge on any atom is 0.151 e. The molecule has 0 saturated carbocycles. The molecule has 0 spiro atoms. The lowest BCUT2D eigenvalue weighted by Crippen LogP contribution is -2.33. The molecule has 1 aliphatic rings. The molecule has 3 nitrogen and oxygen atoms in total. The fourth-order valence-electron chi connectivity index (χ4n) is 2.18. The van der Waals surface area contributed by atoms with Gasteiger partial charge in [0.1, 0.15) is 5.69 Å². The Kier molecular flexibility index (Phi) is 2.96. The highest BCUT2D eigenvalue weighted by Gasteiger charge is 2.28. The first kappa shape index (κ1) is 11.1. The molecule has 1 aromatic carbocycles. The summed E-state index contributed by atoms with van der Waals surface area (Å²) in [4.78, 5) is 1.57. The van der Waals surface area contributed by atoms with E-state index in [1.54, 1.807) is 4.90 Å². The van der Waals surface area contributed by atoms with Gasteiger partial charge in [0, 0.05) is 12.2 Å². The average molecular weight is 228 g/mol. The molecule has 88 valence electrons. The second kappa shape index (κ2) is 4.25. The molecule has 2 rings (SSSR count). The number of aliphatic hydroxyl groups is 1. The highest BCUT2D eigenvalue weighted by molar-refractivity contribution is 5.57. The number of hydrogen-bond donors (Lipinski definition) is 2. The number of nitrogens with two attached hydrogens (primary N) is 1. The molecule has 3 N–H and O–H groups in total. The van der Waals surface area contributed by atoms with Crippen molar-refractivity contribution in [1.82, 2.24) is 0 Å². The standard InChI is InChI=1S/C11H14F2N2O/c12-9-4-7(14)5-10(13)11(9)15-3-1-2-8(15)6-16/h4-5,8,16H,1-3,6,14H2. The van der Waals surface area contributed by atoms with E-state index in [1.165, 1.54) is 0 Å². The van der Waals surface area contributed by atoms with Crippen LogP contribution < -0.4 is 10.6 Å². The average Bonchev–Trinajstić information content (AvgIpc) is 2.64. The van der Waals surface area contributed by atoms with Crippen LogP contribution in [-0.2, 0) is 0 Å². The topological polar surface area (TPSA) is 49.5 Å². The molecular formula is C11H14F2N2O. The molecule has 1 aliphatic heterocycles. The molecule has 1 aromatic rings. The van der Waals surface area contributed by atoms with Crippen molar-refractivity contribution in [3.05, 3.63) is 23.8 Å². The Hall–Kier alpha value is -1.36. The van der Waals surface area contributed by atoms with Crippen molar-refractivity contribution in [3.8, 4) is 0 Å². The lowest BCUT2D eigenvalue weighted by Gasteiger charge is -2.26. The zero-order chi connectivity index (χ0) is 11.7. The van der Waals surface area contributed by atoms with E-state index in [9.17, 15) is 8.78 Å². The minimum absolute atomic E-state index is 0.0681. The van der Waals surface area contributed by atoms with Crippen LogP contribution in [0.5, 0.6) is 0 Å². The van der Waals surface area contributed by atoms with Crippen LogP contribution in [0.4, 0.5) is 20.2 Å². The van der Waals surface area contributed by atoms with Gasteiger partial charge in [-0.15, -0.1) is 0 Å². The second-order valence-corrected chi connectivity index (χ2v) is 4.01. The first-order valence-electron chi connectivity index (χ1n) is 5.25. The van der Waals surface area contributed by atoms with Gasteiger partial charge in [0.25, 0.3) is 0 Å². The molecule has 0 bridgehead atoms. The third kappa shape index (κ3) is 1.82. The summed E-state index contributed by atoms with van der Waals surface area (Å²) in [6.07, 6.45) is 1.58. The van der Waals surface area contributed by atoms with Gasteiger partial charge in [-0.05, 0) is 25.0 Å². The third-order valence-electron chi connectivity index (χ3n) is 2.91. The van der Waals surface area contributed by atoms with Gasteiger partial charge in [-0.3, -0.25) is 0 Å². The van der Waals surface area contributed by atoms with Crippen LogP contribution in [0.15, 0.2) is 12.1 Å². The summed E-state index contributed by atoms with van der Waals surface area (Å²) in [5.41, 5.74) is 5.34. The predicted molar refractivity (Wildman–Crippen MR) is 58.2 cm³/mol. The number of nitrogen functional groups attached to an aromatic ring is 1. The van der Waals surface area contributed by atoms with Crippen molar-refractivity contribution < 1.29 is 13.9 Å². The summed E-state index contributed by atoms with van der Waals surface area (Å²) in [6.45, 7) is 0.465. The van der Waals surface area contributed by atoms with E-state index in [-0.39, 0.29) is 24.0 Å². The first-order chi connectivity index (χ1) is 7.63. The molecule has 0 amide bonds. The van der Waals surface area contributed by atoms with E-state index < -0.39 is 11.6 Å². The molecular weight excluding hydrogens is 214 g/mol. The van der Waals surface area contributed by atoms with Crippen LogP contribution in [0.3, 0.4) is 0 Å². The second-order valence-electron chi connectivity index (χ2n) is 4.01. The van der Waals surface area contributed by atoms with Crippen molar-refractivity contribution >= 4 is 11.4 Å². The molecule has 5 heteroatoms. The van der Waals surface area contributed by atoms with E-state index in [0.29, 0.717) is 6.54 Å². The SMILES string of the molecule is Nc1cc(F)c(N2CCCC2CO)c(F)c1. The van der Waals surface area contributed by atoms with Crippen LogP contribution in [0.2, 0.25) is 0 Å². The van der Waals surface area contributed by atoms with Crippen LogP contribution in [0, 0.1) is 11.6 Å². The van der Waals surface area contributed by atoms with Crippen molar-refractivity contribution in [2.75, 3.05) is 23.8 Å². The van der Waals surface area contributed by atoms with E-state index in [2.05, 4.69) is 0 Å². The first-order valence-corrected chi connectivity index (χ1v) is 5.25. The largest absolute Gasteiger partial charge is 0.399 e. The summed E-state index contributed by atoms with van der Waals surface area (Å²) in [6, 6.07) is 2.00. The smallest absolute Gasteiger partial charge is 0.151 e. The predicted octanol–water partition coefficient (Wildman–Crippen LogP) is 1.51. The zero-order valence-electron chi connectivity index (χ0n) is 8.79. The number of nitrogens with zero attached hydrogens (tertiary/aromatic N) is 1. The normalized spacial score (nSPS) is 20.4. The Balaban J connectivity index is 2.39. The maximum atomic E-state index is 13.6. The van der Waals surface area contributed by atoms with Crippen molar-refractivity contribution in [3.63, 3.8) is 0 Å². The summed E-state index contributed by atoms with van der Waals surface area (Å²) < 4.78 is 27.3. The quantitative estimate of drug-likeness (QED) is 0.754. The van der Waals surface area contributed by atoms with Gasteiger partial charge in [-0.2, -0.15) is 0 Å². The monoisotopic (exact) mass is 228 g/mol. The number of benzene rings is 1. The summed E-state index contributed by atoms with van der Waals surface area (Å²) in [7, 11) is 0. The molecule has 0 radical (unpaired) electrons. The Morgan fingerprint density at radius 1 is 1.38 bits per heavy atom. The highest BCUT2D eigenvalue weighted by atomic mass is 19.1. The van der Waals surface area contributed by atoms with E-state index in [1.807, 2.05) is 0 Å². The lowest BCUT2D eigenvalue weighted by molar-refractivity contribution is 0.265. The summed E-state index contributed by atoms with van der Waals surface area (Å²) >= 11 is 0. The Bertz CT molecular complexity index is 375. The van der Waals surface area contributed by atoms with Crippen molar-refractivity contribution in [2.45, 2.75) is 18.9 Å². The van der Waals surface area contributed by atoms with Gasteiger partial charge in [-0.25, -0.2) is 8.78 Å². The summed E-state index contributed by atoms with van der Waals surface area (Å²) in [5, 5.41) is 9.12. The maximum absolute atomic E-state index is 13.6. The fraction of sp³-hybridized carbons (Fsp3) is 0.455. The number of halogens is 2. The number of anilines is 2. The highest BCUT2D eigenvalue weighted by Crippen LogP contribution is 2.31. The van der Waals surface area contributed by atoms with Crippen LogP contribution >= 0.6 is 0 Å². The number of hydrogen-bond acceptors (Lipinski definition) is 3. The van der Waals surface area contributed by atoms with Gasteiger partial charge in [0.15, 0.2) is 11.6 Å². The minimum Gasteiger partial charge on any atom is -0.399 e. The van der Waals surface area contributed by atoms with Gasteiger partial charge < -0.3 is 15.7 Å². The molecule has 1 unspecified atom stereocenters. The minimum atomic E-state index is -0.669. The molecule has 1 fully saturated rings. The molecule has 1 atom stereocenters. The van der Waals surface area contributed by atoms with Crippen LogP contribution in [0.1, 0.15) is 12.8 Å². The van der Waals surface area contributed by atoms with Crippen molar-refractivity contribution in [1.29, 1.82) is 0 Å². The van der Waals surface area contributed by atoms with Gasteiger partial charge >= 0.3 is 0 Å². The molecule has 1 saturated heterocycles. The number of aliphatic hydroxyl groups excluding tert-OH is 1. The van der Waals surface area contributed by atoms with Gasteiger partial charge in [-0.1, -0.05) is 0 Å². The summed E-state index contributed by atoms with van der Waals surface area (Å²) in [5.74, 6) is -1.34. The molecule has 16 heavy (non-hydrogen) atoms. The van der Waals surface area contributed by atoms with Gasteiger partial charge in [0.2, 0.25) is 0 Å². The van der Waals surface area contributed by atoms with Crippen molar-refractivity contribution in [2.24, 2.45) is 0 Å². The van der Waals surface area contributed by atoms with Gasteiger partial charge in [0.05, 0.1) is 12.6 Å². The Morgan fingerprint density at radius 2 is 2.00 bits per heavy atom. The van der Waals surface area contributed by atoms with E-state index in [4.69, 9.17) is 10.8 Å². The zero-order valence-corrected chi connectivity index (χ0v) is 8.79. The molecule has 0 aliphatic carbocycles. The molecule has 0 aromatic heterocycles. The van der Waals surface area contributed by atoms with Crippen LogP contribution in [0.25, 0.3) is 0 Å². The number of rotatable bonds is 2. The third-order valence-corrected chi connectivity index (χ3v) is 2.91. The Labute approximate surface area is 92.5 Å². The Morgan fingerprint density at radius 3 is 2.56 bits per heavy atom. The lowest BCUT2D eigenvalue weighted by atomic mass is 10.2. The van der Waals surface area contributed by atoms with Crippen LogP contribution in [-0.4, -0.2) is 24.3 Å².